The van der Waals surface area contributed by atoms with E-state index < -0.39 is 0 Å². The second kappa shape index (κ2) is 6.51. The molecule has 2 aromatic carbocycles. The lowest BCUT2D eigenvalue weighted by Crippen LogP contribution is -2.47. The molecular formula is C19H25N3. The third-order valence-corrected chi connectivity index (χ3v) is 4.50. The van der Waals surface area contributed by atoms with Crippen LogP contribution in [0.3, 0.4) is 0 Å². The molecule has 2 aromatic rings. The summed E-state index contributed by atoms with van der Waals surface area (Å²) >= 11 is 0. The molecule has 0 aromatic heterocycles. The standard InChI is InChI=1S/C19H25N3/c1-15(20)17-10-6-7-11-18(17)22-13-12-21(2)14-19(22)16-8-4-3-5-9-16/h3-11,15,19H,12-14,20H2,1-2H3. The van der Waals surface area contributed by atoms with Crippen molar-refractivity contribution in [1.29, 1.82) is 0 Å². The summed E-state index contributed by atoms with van der Waals surface area (Å²) in [7, 11) is 2.20. The van der Waals surface area contributed by atoms with E-state index in [0.717, 1.165) is 19.6 Å². The van der Waals surface area contributed by atoms with Crippen LogP contribution in [0.25, 0.3) is 0 Å². The number of hydrogen-bond acceptors (Lipinski definition) is 3. The van der Waals surface area contributed by atoms with Crippen LogP contribution >= 0.6 is 0 Å². The first-order valence-corrected chi connectivity index (χ1v) is 8.01. The Labute approximate surface area is 133 Å². The van der Waals surface area contributed by atoms with Crippen LogP contribution in [0.4, 0.5) is 5.69 Å². The van der Waals surface area contributed by atoms with Crippen molar-refractivity contribution >= 4 is 5.69 Å². The maximum Gasteiger partial charge on any atom is 0.0670 e. The monoisotopic (exact) mass is 295 g/mol. The van der Waals surface area contributed by atoms with Crippen molar-refractivity contribution in [2.75, 3.05) is 31.6 Å². The molecule has 1 heterocycles. The molecule has 3 rings (SSSR count). The second-order valence-corrected chi connectivity index (χ2v) is 6.23. The number of nitrogens with zero attached hydrogens (tertiary/aromatic N) is 2. The Morgan fingerprint density at radius 1 is 1.00 bits per heavy atom. The number of rotatable bonds is 3. The van der Waals surface area contributed by atoms with Crippen molar-refractivity contribution in [3.05, 3.63) is 65.7 Å². The minimum absolute atomic E-state index is 0.0484. The number of hydrogen-bond donors (Lipinski definition) is 1. The summed E-state index contributed by atoms with van der Waals surface area (Å²) in [6, 6.07) is 19.8. The van der Waals surface area contributed by atoms with Gasteiger partial charge >= 0.3 is 0 Å². The van der Waals surface area contributed by atoms with Gasteiger partial charge in [-0.05, 0) is 31.2 Å². The fourth-order valence-electron chi connectivity index (χ4n) is 3.30. The van der Waals surface area contributed by atoms with Crippen molar-refractivity contribution in [1.82, 2.24) is 4.90 Å². The van der Waals surface area contributed by atoms with Gasteiger partial charge in [-0.1, -0.05) is 48.5 Å². The fraction of sp³-hybridized carbons (Fsp3) is 0.368. The summed E-state index contributed by atoms with van der Waals surface area (Å²) in [4.78, 5) is 4.93. The van der Waals surface area contributed by atoms with Gasteiger partial charge in [0.2, 0.25) is 0 Å². The molecule has 1 fully saturated rings. The van der Waals surface area contributed by atoms with E-state index in [1.807, 2.05) is 0 Å². The highest BCUT2D eigenvalue weighted by Gasteiger charge is 2.28. The number of anilines is 1. The molecule has 1 saturated heterocycles. The van der Waals surface area contributed by atoms with Gasteiger partial charge in [-0.3, -0.25) is 0 Å². The van der Waals surface area contributed by atoms with Crippen molar-refractivity contribution in [2.24, 2.45) is 5.73 Å². The number of likely N-dealkylation sites (N-methyl/N-ethyl adjacent to an activating group) is 1. The first kappa shape index (κ1) is 15.1. The molecule has 0 aliphatic carbocycles. The van der Waals surface area contributed by atoms with Gasteiger partial charge < -0.3 is 15.5 Å². The second-order valence-electron chi connectivity index (χ2n) is 6.23. The first-order chi connectivity index (χ1) is 10.7. The summed E-state index contributed by atoms with van der Waals surface area (Å²) in [6.45, 7) is 5.21. The van der Waals surface area contributed by atoms with E-state index in [0.29, 0.717) is 6.04 Å². The molecule has 2 N–H and O–H groups in total. The lowest BCUT2D eigenvalue weighted by atomic mass is 9.98. The van der Waals surface area contributed by atoms with Crippen molar-refractivity contribution < 1.29 is 0 Å². The lowest BCUT2D eigenvalue weighted by molar-refractivity contribution is 0.269. The zero-order chi connectivity index (χ0) is 15.5. The summed E-state index contributed by atoms with van der Waals surface area (Å²) in [5.41, 5.74) is 10.1. The van der Waals surface area contributed by atoms with Crippen molar-refractivity contribution in [2.45, 2.75) is 19.0 Å². The van der Waals surface area contributed by atoms with Gasteiger partial charge in [0.25, 0.3) is 0 Å². The van der Waals surface area contributed by atoms with E-state index in [1.54, 1.807) is 0 Å². The molecule has 116 valence electrons. The Hall–Kier alpha value is -1.84. The van der Waals surface area contributed by atoms with Crippen LogP contribution in [0.15, 0.2) is 54.6 Å². The van der Waals surface area contributed by atoms with Crippen molar-refractivity contribution in [3.63, 3.8) is 0 Å². The summed E-state index contributed by atoms with van der Waals surface area (Å²) in [5, 5.41) is 0. The molecule has 3 heteroatoms. The lowest BCUT2D eigenvalue weighted by Gasteiger charge is -2.43. The van der Waals surface area contributed by atoms with Gasteiger partial charge in [0.1, 0.15) is 0 Å². The van der Waals surface area contributed by atoms with Crippen LogP contribution in [0.1, 0.15) is 30.1 Å². The maximum absolute atomic E-state index is 6.20. The molecule has 0 amide bonds. The highest BCUT2D eigenvalue weighted by molar-refractivity contribution is 5.57. The Morgan fingerprint density at radius 3 is 2.41 bits per heavy atom. The number of para-hydroxylation sites is 1. The highest BCUT2D eigenvalue weighted by atomic mass is 15.3. The molecule has 0 saturated carbocycles. The average Bonchev–Trinajstić information content (AvgIpc) is 2.55. The Kier molecular flexibility index (Phi) is 4.46. The van der Waals surface area contributed by atoms with Crippen LogP contribution in [0, 0.1) is 0 Å². The molecule has 1 aliphatic rings. The van der Waals surface area contributed by atoms with Gasteiger partial charge in [-0.25, -0.2) is 0 Å². The Balaban J connectivity index is 2.00. The normalized spacial score (nSPS) is 20.9. The molecule has 3 nitrogen and oxygen atoms in total. The molecular weight excluding hydrogens is 270 g/mol. The Morgan fingerprint density at radius 2 is 1.68 bits per heavy atom. The smallest absolute Gasteiger partial charge is 0.0670 e. The van der Waals surface area contributed by atoms with Gasteiger partial charge in [0, 0.05) is 31.4 Å². The number of piperazine rings is 1. The average molecular weight is 295 g/mol. The molecule has 0 spiro atoms. The predicted molar refractivity (Wildman–Crippen MR) is 93.1 cm³/mol. The summed E-state index contributed by atoms with van der Waals surface area (Å²) in [5.74, 6) is 0. The number of nitrogens with two attached hydrogens (primary N) is 1. The molecule has 22 heavy (non-hydrogen) atoms. The highest BCUT2D eigenvalue weighted by Crippen LogP contribution is 2.34. The van der Waals surface area contributed by atoms with Gasteiger partial charge in [-0.15, -0.1) is 0 Å². The van der Waals surface area contributed by atoms with Crippen LogP contribution in [0.5, 0.6) is 0 Å². The topological polar surface area (TPSA) is 32.5 Å². The van der Waals surface area contributed by atoms with E-state index in [1.165, 1.54) is 16.8 Å². The third-order valence-electron chi connectivity index (χ3n) is 4.50. The van der Waals surface area contributed by atoms with Crippen LogP contribution in [-0.2, 0) is 0 Å². The third kappa shape index (κ3) is 3.01. The zero-order valence-corrected chi connectivity index (χ0v) is 13.4. The van der Waals surface area contributed by atoms with Gasteiger partial charge in [0.05, 0.1) is 6.04 Å². The van der Waals surface area contributed by atoms with Gasteiger partial charge in [-0.2, -0.15) is 0 Å². The maximum atomic E-state index is 6.20. The fourth-order valence-corrected chi connectivity index (χ4v) is 3.30. The van der Waals surface area contributed by atoms with Crippen LogP contribution in [0.2, 0.25) is 0 Å². The van der Waals surface area contributed by atoms with E-state index >= 15 is 0 Å². The Bertz CT molecular complexity index is 609. The van der Waals surface area contributed by atoms with E-state index in [4.69, 9.17) is 5.73 Å². The molecule has 1 aliphatic heterocycles. The molecule has 2 atom stereocenters. The predicted octanol–water partition coefficient (Wildman–Crippen LogP) is 3.20. The van der Waals surface area contributed by atoms with Crippen molar-refractivity contribution in [3.8, 4) is 0 Å². The molecule has 0 radical (unpaired) electrons. The SMILES string of the molecule is CC(N)c1ccccc1N1CCN(C)CC1c1ccccc1. The quantitative estimate of drug-likeness (QED) is 0.944. The minimum atomic E-state index is 0.0484. The number of benzene rings is 2. The summed E-state index contributed by atoms with van der Waals surface area (Å²) in [6.07, 6.45) is 0. The van der Waals surface area contributed by atoms with E-state index in [2.05, 4.69) is 78.4 Å². The van der Waals surface area contributed by atoms with Gasteiger partial charge in [0.15, 0.2) is 0 Å². The first-order valence-electron chi connectivity index (χ1n) is 8.01. The van der Waals surface area contributed by atoms with Crippen LogP contribution < -0.4 is 10.6 Å². The molecule has 2 unspecified atom stereocenters. The zero-order valence-electron chi connectivity index (χ0n) is 13.4. The molecule has 0 bridgehead atoms. The minimum Gasteiger partial charge on any atom is -0.362 e. The largest absolute Gasteiger partial charge is 0.362 e. The summed E-state index contributed by atoms with van der Waals surface area (Å²) < 4.78 is 0. The van der Waals surface area contributed by atoms with Crippen LogP contribution in [-0.4, -0.2) is 31.6 Å². The van der Waals surface area contributed by atoms with E-state index in [9.17, 15) is 0 Å². The van der Waals surface area contributed by atoms with E-state index in [-0.39, 0.29) is 6.04 Å².